The molecule has 92 valence electrons. The number of amides is 1. The van der Waals surface area contributed by atoms with E-state index in [0.29, 0.717) is 0 Å². The molecule has 0 saturated heterocycles. The van der Waals surface area contributed by atoms with E-state index in [1.54, 1.807) is 0 Å². The van der Waals surface area contributed by atoms with Crippen LogP contribution in [-0.2, 0) is 10.2 Å². The van der Waals surface area contributed by atoms with Gasteiger partial charge in [0.1, 0.15) is 0 Å². The zero-order valence-corrected chi connectivity index (χ0v) is 13.9. The molecule has 1 aliphatic carbocycles. The topological polar surface area (TPSA) is 56.0 Å². The Labute approximate surface area is 107 Å². The summed E-state index contributed by atoms with van der Waals surface area (Å²) in [5.74, 6) is -0.219. The minimum absolute atomic E-state index is 0.219. The van der Waals surface area contributed by atoms with Gasteiger partial charge in [0.05, 0.1) is 0 Å². The number of carbonyl (C=O) groups excluding carboxylic acids is 1. The second-order valence-electron chi connectivity index (χ2n) is 6.08. The summed E-state index contributed by atoms with van der Waals surface area (Å²) in [6, 6.07) is 2.16. The third kappa shape index (κ3) is 2.21. The number of aryl methyl sites for hydroxylation is 1. The normalized spacial score (nSPS) is 17.9. The zero-order valence-electron chi connectivity index (χ0n) is 11.0. The van der Waals surface area contributed by atoms with Crippen molar-refractivity contribution in [3.05, 3.63) is 23.5 Å². The fourth-order valence-electron chi connectivity index (χ4n) is 2.35. The summed E-state index contributed by atoms with van der Waals surface area (Å²) in [6.45, 7) is 2.11. The first-order valence-corrected chi connectivity index (χ1v) is 16.0. The van der Waals surface area contributed by atoms with Crippen LogP contribution in [0.4, 0.5) is 0 Å². The van der Waals surface area contributed by atoms with Gasteiger partial charge in [-0.2, -0.15) is 0 Å². The maximum absolute atomic E-state index is 11.5. The van der Waals surface area contributed by atoms with Gasteiger partial charge in [-0.15, -0.1) is 0 Å². The van der Waals surface area contributed by atoms with E-state index >= 15 is 0 Å². The van der Waals surface area contributed by atoms with E-state index in [0.717, 1.165) is 18.5 Å². The molecule has 0 bridgehead atoms. The predicted octanol–water partition coefficient (Wildman–Crippen LogP) is 1.45. The molecule has 4 heteroatoms. The fourth-order valence-corrected chi connectivity index (χ4v) is 7.53. The molecule has 0 aromatic carbocycles. The summed E-state index contributed by atoms with van der Waals surface area (Å²) in [7, 11) is 0. The van der Waals surface area contributed by atoms with Crippen LogP contribution < -0.4 is 9.31 Å². The Morgan fingerprint density at radius 2 is 2.00 bits per heavy atom. The van der Waals surface area contributed by atoms with Crippen LogP contribution in [0.2, 0.25) is 14.8 Å². The van der Waals surface area contributed by atoms with Crippen LogP contribution in [0, 0.1) is 6.92 Å². The Balaban J connectivity index is 2.49. The van der Waals surface area contributed by atoms with Crippen LogP contribution in [0.5, 0.6) is 0 Å². The van der Waals surface area contributed by atoms with E-state index in [9.17, 15) is 4.79 Å². The van der Waals surface area contributed by atoms with Crippen molar-refractivity contribution in [1.82, 2.24) is 4.98 Å². The van der Waals surface area contributed by atoms with Crippen LogP contribution in [0.3, 0.4) is 0 Å². The second kappa shape index (κ2) is 3.97. The van der Waals surface area contributed by atoms with E-state index in [2.05, 4.69) is 32.8 Å². The van der Waals surface area contributed by atoms with Gasteiger partial charge in [-0.3, -0.25) is 0 Å². The molecule has 1 saturated carbocycles. The molecule has 1 aromatic rings. The Hall–Kier alpha value is -0.581. The first-order chi connectivity index (χ1) is 7.77. The number of nitrogens with two attached hydrogens (primary N) is 1. The van der Waals surface area contributed by atoms with Gasteiger partial charge in [-0.05, 0) is 0 Å². The molecule has 3 nitrogen and oxygen atoms in total. The fraction of sp³-hybridized carbons (Fsp3) is 0.538. The molecule has 0 spiro atoms. The molecular formula is C13H20N2OSn. The van der Waals surface area contributed by atoms with Crippen LogP contribution in [0.1, 0.15) is 24.1 Å². The number of hydrogen-bond donors (Lipinski definition) is 1. The van der Waals surface area contributed by atoms with Gasteiger partial charge >= 0.3 is 107 Å². The van der Waals surface area contributed by atoms with Gasteiger partial charge in [0.2, 0.25) is 0 Å². The Bertz CT molecular complexity index is 473. The molecule has 1 aromatic heterocycles. The third-order valence-corrected chi connectivity index (χ3v) is 9.77. The van der Waals surface area contributed by atoms with Crippen LogP contribution in [0.15, 0.2) is 12.3 Å². The molecular weight excluding hydrogens is 319 g/mol. The van der Waals surface area contributed by atoms with E-state index in [1.807, 2.05) is 6.20 Å². The van der Waals surface area contributed by atoms with Gasteiger partial charge in [0.15, 0.2) is 0 Å². The summed E-state index contributed by atoms with van der Waals surface area (Å²) in [5.41, 5.74) is 7.22. The average Bonchev–Trinajstić information content (AvgIpc) is 2.97. The summed E-state index contributed by atoms with van der Waals surface area (Å²) in [4.78, 5) is 23.1. The summed E-state index contributed by atoms with van der Waals surface area (Å²) in [5, 5.41) is 0. The quantitative estimate of drug-likeness (QED) is 0.848. The standard InChI is InChI=1S/C10H11N2O.3CH3.Sn/c1-7-2-3-8(12-6-7)10(4-5-10)9(11)13;;;;/h3,6H,4-5H2,1H3,(H2,11,13);3*1H3;. The third-order valence-electron chi connectivity index (χ3n) is 3.62. The number of nitrogens with zero attached hydrogens (tertiary/aromatic N) is 1. The predicted molar refractivity (Wildman–Crippen MR) is 72.1 cm³/mol. The number of hydrogen-bond acceptors (Lipinski definition) is 2. The van der Waals surface area contributed by atoms with Gasteiger partial charge in [0, 0.05) is 0 Å². The van der Waals surface area contributed by atoms with Crippen molar-refractivity contribution in [3.63, 3.8) is 0 Å². The second-order valence-corrected chi connectivity index (χ2v) is 20.5. The van der Waals surface area contributed by atoms with Crippen molar-refractivity contribution in [3.8, 4) is 0 Å². The van der Waals surface area contributed by atoms with Crippen LogP contribution in [0.25, 0.3) is 0 Å². The Morgan fingerprint density at radius 3 is 2.41 bits per heavy atom. The van der Waals surface area contributed by atoms with E-state index in [-0.39, 0.29) is 5.91 Å². The molecule has 1 aliphatic rings. The van der Waals surface area contributed by atoms with Gasteiger partial charge in [-0.25, -0.2) is 0 Å². The monoisotopic (exact) mass is 340 g/mol. The van der Waals surface area contributed by atoms with Crippen molar-refractivity contribution < 1.29 is 4.79 Å². The number of primary amides is 1. The first-order valence-electron chi connectivity index (χ1n) is 6.05. The Morgan fingerprint density at radius 1 is 1.41 bits per heavy atom. The minimum atomic E-state index is -2.13. The number of rotatable bonds is 3. The van der Waals surface area contributed by atoms with Gasteiger partial charge < -0.3 is 0 Å². The van der Waals surface area contributed by atoms with Crippen LogP contribution in [-0.4, -0.2) is 29.3 Å². The molecule has 2 rings (SSSR count). The number of pyridine rings is 1. The summed E-state index contributed by atoms with van der Waals surface area (Å²) in [6.07, 6.45) is 3.63. The molecule has 0 aliphatic heterocycles. The van der Waals surface area contributed by atoms with Crippen molar-refractivity contribution in [2.75, 3.05) is 0 Å². The molecule has 1 amide bonds. The van der Waals surface area contributed by atoms with Crippen molar-refractivity contribution in [2.24, 2.45) is 5.73 Å². The van der Waals surface area contributed by atoms with Crippen LogP contribution >= 0.6 is 0 Å². The number of carbonyl (C=O) groups is 1. The van der Waals surface area contributed by atoms with E-state index in [4.69, 9.17) is 5.73 Å². The van der Waals surface area contributed by atoms with E-state index in [1.165, 1.54) is 9.14 Å². The van der Waals surface area contributed by atoms with Gasteiger partial charge in [0.25, 0.3) is 0 Å². The Kier molecular flexibility index (Phi) is 3.00. The van der Waals surface area contributed by atoms with Crippen molar-refractivity contribution in [1.29, 1.82) is 0 Å². The molecule has 2 N–H and O–H groups in total. The molecule has 1 fully saturated rings. The molecule has 0 atom stereocenters. The molecule has 17 heavy (non-hydrogen) atoms. The SMILES string of the molecule is Cc1cnc(C2(C(N)=O)CC2)c[c]1[Sn]([CH3])([CH3])[CH3]. The summed E-state index contributed by atoms with van der Waals surface area (Å²) >= 11 is -2.13. The number of aromatic nitrogens is 1. The summed E-state index contributed by atoms with van der Waals surface area (Å²) < 4.78 is 1.46. The zero-order chi connectivity index (χ0) is 12.8. The molecule has 0 radical (unpaired) electrons. The first kappa shape index (κ1) is 12.9. The molecule has 0 unspecified atom stereocenters. The van der Waals surface area contributed by atoms with Crippen molar-refractivity contribution >= 4 is 27.9 Å². The van der Waals surface area contributed by atoms with E-state index < -0.39 is 23.8 Å². The molecule has 1 heterocycles. The van der Waals surface area contributed by atoms with Crippen molar-refractivity contribution in [2.45, 2.75) is 40.0 Å². The maximum atomic E-state index is 11.5. The van der Waals surface area contributed by atoms with Gasteiger partial charge in [-0.1, -0.05) is 0 Å². The average molecular weight is 339 g/mol.